The number of amides is 1. The number of anilines is 1. The van der Waals surface area contributed by atoms with Gasteiger partial charge in [-0.15, -0.1) is 0 Å². The van der Waals surface area contributed by atoms with Crippen LogP contribution in [0, 0.1) is 29.3 Å². The highest BCUT2D eigenvalue weighted by Crippen LogP contribution is 2.41. The summed E-state index contributed by atoms with van der Waals surface area (Å²) in [5.74, 6) is 2.70. The highest BCUT2D eigenvalue weighted by atomic mass is 19.1. The van der Waals surface area contributed by atoms with Crippen molar-refractivity contribution in [1.82, 2.24) is 19.4 Å². The molecule has 2 aromatic carbocycles. The molecule has 2 N–H and O–H groups in total. The lowest BCUT2D eigenvalue weighted by Gasteiger charge is -2.14. The van der Waals surface area contributed by atoms with Gasteiger partial charge in [-0.05, 0) is 54.0 Å². The third kappa shape index (κ3) is 4.86. The van der Waals surface area contributed by atoms with E-state index in [0.29, 0.717) is 5.39 Å². The van der Waals surface area contributed by atoms with Gasteiger partial charge in [0.25, 0.3) is 5.56 Å². The smallest absolute Gasteiger partial charge is 0.266 e. The van der Waals surface area contributed by atoms with Gasteiger partial charge in [0.2, 0.25) is 5.91 Å². The molecular weight excluding hydrogens is 507 g/mol. The van der Waals surface area contributed by atoms with E-state index in [1.807, 2.05) is 0 Å². The van der Waals surface area contributed by atoms with Crippen molar-refractivity contribution < 1.29 is 18.0 Å². The molecule has 0 radical (unpaired) electrons. The molecule has 0 unspecified atom stereocenters. The number of rotatable bonds is 5. The lowest BCUT2D eigenvalue weighted by Crippen LogP contribution is -2.24. The standard InChI is InChI=1S/C29H22F3N5O2/c1-3-24(38)36(2)9-4-5-20-27(34-15-35-28(20)33)21-13-19(30)14-23(26(21)32)37-10-8-17-11-18(16-6-7-16)12-22(31)25(17)29(37)39/h3,8,10-16H,1,6-7,9H2,2H3,(H2,33,34,35). The predicted octanol–water partition coefficient (Wildman–Crippen LogP) is 4.32. The van der Waals surface area contributed by atoms with E-state index in [9.17, 15) is 14.0 Å². The van der Waals surface area contributed by atoms with Gasteiger partial charge in [0, 0.05) is 24.9 Å². The van der Waals surface area contributed by atoms with Crippen LogP contribution in [0.15, 0.2) is 60.3 Å². The van der Waals surface area contributed by atoms with Gasteiger partial charge < -0.3 is 10.6 Å². The van der Waals surface area contributed by atoms with E-state index in [2.05, 4.69) is 28.4 Å². The van der Waals surface area contributed by atoms with Crippen molar-refractivity contribution >= 4 is 22.5 Å². The lowest BCUT2D eigenvalue weighted by atomic mass is 10.0. The number of aromatic nitrogens is 3. The van der Waals surface area contributed by atoms with Gasteiger partial charge in [0.15, 0.2) is 5.82 Å². The largest absolute Gasteiger partial charge is 0.383 e. The van der Waals surface area contributed by atoms with Crippen molar-refractivity contribution in [2.45, 2.75) is 18.8 Å². The summed E-state index contributed by atoms with van der Waals surface area (Å²) >= 11 is 0. The quantitative estimate of drug-likeness (QED) is 0.307. The maximum absolute atomic E-state index is 16.0. The predicted molar refractivity (Wildman–Crippen MR) is 142 cm³/mol. The van der Waals surface area contributed by atoms with Crippen LogP contribution in [0.5, 0.6) is 0 Å². The van der Waals surface area contributed by atoms with E-state index >= 15 is 8.78 Å². The first-order valence-electron chi connectivity index (χ1n) is 12.0. The zero-order chi connectivity index (χ0) is 27.8. The van der Waals surface area contributed by atoms with E-state index in [0.717, 1.165) is 47.5 Å². The molecule has 0 bridgehead atoms. The van der Waals surface area contributed by atoms with Crippen LogP contribution in [-0.2, 0) is 4.79 Å². The van der Waals surface area contributed by atoms with Crippen LogP contribution in [-0.4, -0.2) is 38.9 Å². The number of nitrogen functional groups attached to an aromatic ring is 1. The van der Waals surface area contributed by atoms with E-state index < -0.39 is 28.7 Å². The number of likely N-dealkylation sites (N-methyl/N-ethyl adjacent to an activating group) is 1. The van der Waals surface area contributed by atoms with Gasteiger partial charge in [0.05, 0.1) is 28.9 Å². The second-order valence-electron chi connectivity index (χ2n) is 9.20. The highest BCUT2D eigenvalue weighted by molar-refractivity contribution is 5.87. The first-order chi connectivity index (χ1) is 18.7. The van der Waals surface area contributed by atoms with Gasteiger partial charge >= 0.3 is 0 Å². The number of carbonyl (C=O) groups excluding carboxylic acids is 1. The van der Waals surface area contributed by atoms with Gasteiger partial charge in [-0.3, -0.25) is 14.2 Å². The average Bonchev–Trinajstić information content (AvgIpc) is 3.76. The fourth-order valence-electron chi connectivity index (χ4n) is 4.32. The lowest BCUT2D eigenvalue weighted by molar-refractivity contribution is -0.124. The van der Waals surface area contributed by atoms with Crippen LogP contribution < -0.4 is 11.3 Å². The van der Waals surface area contributed by atoms with E-state index in [4.69, 9.17) is 5.73 Å². The molecule has 196 valence electrons. The van der Waals surface area contributed by atoms with Crippen molar-refractivity contribution in [3.05, 3.63) is 94.4 Å². The van der Waals surface area contributed by atoms with Crippen molar-refractivity contribution in [2.75, 3.05) is 19.3 Å². The number of benzene rings is 2. The topological polar surface area (TPSA) is 94.1 Å². The molecule has 1 saturated carbocycles. The molecule has 0 atom stereocenters. The Hall–Kier alpha value is -4.91. The van der Waals surface area contributed by atoms with Gasteiger partial charge in [-0.1, -0.05) is 24.5 Å². The molecule has 0 saturated heterocycles. The first kappa shape index (κ1) is 25.7. The van der Waals surface area contributed by atoms with Crippen molar-refractivity contribution in [2.24, 2.45) is 0 Å². The Bertz CT molecular complexity index is 1780. The monoisotopic (exact) mass is 529 g/mol. The third-order valence-corrected chi connectivity index (χ3v) is 6.52. The van der Waals surface area contributed by atoms with E-state index in [1.165, 1.54) is 30.3 Å². The molecule has 1 fully saturated rings. The molecule has 1 amide bonds. The summed E-state index contributed by atoms with van der Waals surface area (Å²) in [5, 5.41) is 0.166. The Morgan fingerprint density at radius 1 is 1.23 bits per heavy atom. The molecule has 5 rings (SSSR count). The van der Waals surface area contributed by atoms with Crippen molar-refractivity contribution in [3.63, 3.8) is 0 Å². The van der Waals surface area contributed by atoms with Crippen LogP contribution in [0.1, 0.15) is 29.9 Å². The fraction of sp³-hybridized carbons (Fsp3) is 0.172. The Labute approximate surface area is 221 Å². The second kappa shape index (κ2) is 10.1. The number of nitrogens with two attached hydrogens (primary N) is 1. The van der Waals surface area contributed by atoms with Gasteiger partial charge in [0.1, 0.15) is 23.8 Å². The Morgan fingerprint density at radius 2 is 2.00 bits per heavy atom. The highest BCUT2D eigenvalue weighted by Gasteiger charge is 2.26. The number of fused-ring (bicyclic) bond motifs is 1. The summed E-state index contributed by atoms with van der Waals surface area (Å²) in [7, 11) is 1.51. The number of pyridine rings is 1. The summed E-state index contributed by atoms with van der Waals surface area (Å²) in [6.07, 6.45) is 5.40. The molecule has 39 heavy (non-hydrogen) atoms. The number of hydrogen-bond donors (Lipinski definition) is 1. The maximum atomic E-state index is 16.0. The molecule has 1 aliphatic rings. The van der Waals surface area contributed by atoms with Crippen LogP contribution in [0.25, 0.3) is 27.7 Å². The number of hydrogen-bond acceptors (Lipinski definition) is 5. The fourth-order valence-corrected chi connectivity index (χ4v) is 4.32. The van der Waals surface area contributed by atoms with Gasteiger partial charge in [-0.2, -0.15) is 0 Å². The van der Waals surface area contributed by atoms with Gasteiger partial charge in [-0.25, -0.2) is 23.1 Å². The number of nitrogens with zero attached hydrogens (tertiary/aromatic N) is 4. The number of carbonyl (C=O) groups is 1. The first-order valence-corrected chi connectivity index (χ1v) is 12.0. The van der Waals surface area contributed by atoms with Crippen LogP contribution in [0.3, 0.4) is 0 Å². The summed E-state index contributed by atoms with van der Waals surface area (Å²) in [4.78, 5) is 34.2. The Kier molecular flexibility index (Phi) is 6.66. The molecule has 7 nitrogen and oxygen atoms in total. The summed E-state index contributed by atoms with van der Waals surface area (Å²) in [6.45, 7) is 3.40. The SMILES string of the molecule is C=CC(=O)N(C)CC#Cc1c(N)ncnc1-c1cc(F)cc(-n2ccc3cc(C4CC4)cc(F)c3c2=O)c1F. The summed E-state index contributed by atoms with van der Waals surface area (Å²) in [6, 6.07) is 6.32. The second-order valence-corrected chi connectivity index (χ2v) is 9.20. The van der Waals surface area contributed by atoms with Crippen LogP contribution in [0.4, 0.5) is 19.0 Å². The normalized spacial score (nSPS) is 12.6. The average molecular weight is 530 g/mol. The molecule has 0 aliphatic heterocycles. The molecule has 0 spiro atoms. The minimum Gasteiger partial charge on any atom is -0.383 e. The minimum atomic E-state index is -0.993. The third-order valence-electron chi connectivity index (χ3n) is 6.52. The van der Waals surface area contributed by atoms with Crippen molar-refractivity contribution in [3.8, 4) is 28.8 Å². The molecule has 10 heteroatoms. The Balaban J connectivity index is 1.63. The summed E-state index contributed by atoms with van der Waals surface area (Å²) in [5.41, 5.74) is 5.10. The zero-order valence-corrected chi connectivity index (χ0v) is 20.8. The van der Waals surface area contributed by atoms with Crippen LogP contribution >= 0.6 is 0 Å². The molecule has 2 aromatic heterocycles. The maximum Gasteiger partial charge on any atom is 0.266 e. The number of halogens is 3. The van der Waals surface area contributed by atoms with E-state index in [1.54, 1.807) is 6.07 Å². The molecule has 2 heterocycles. The van der Waals surface area contributed by atoms with E-state index in [-0.39, 0.29) is 46.4 Å². The zero-order valence-electron chi connectivity index (χ0n) is 20.8. The molecule has 1 aliphatic carbocycles. The van der Waals surface area contributed by atoms with Crippen molar-refractivity contribution in [1.29, 1.82) is 0 Å². The molecule has 4 aromatic rings. The Morgan fingerprint density at radius 3 is 2.72 bits per heavy atom. The summed E-state index contributed by atoms with van der Waals surface area (Å²) < 4.78 is 46.7. The van der Waals surface area contributed by atoms with Crippen LogP contribution in [0.2, 0.25) is 0 Å². The minimum absolute atomic E-state index is 0.00395. The molecular formula is C29H22F3N5O2.